The van der Waals surface area contributed by atoms with E-state index >= 15 is 0 Å². The molecule has 1 rings (SSSR count). The van der Waals surface area contributed by atoms with Gasteiger partial charge in [-0.15, -0.1) is 0 Å². The summed E-state index contributed by atoms with van der Waals surface area (Å²) in [7, 11) is 1.57. The molecule has 0 aliphatic carbocycles. The van der Waals surface area contributed by atoms with E-state index in [0.29, 0.717) is 12.2 Å². The zero-order chi connectivity index (χ0) is 12.7. The molecule has 1 aromatic carbocycles. The number of likely N-dealkylation sites (N-methyl/N-ethyl adjacent to an activating group) is 1. The van der Waals surface area contributed by atoms with Crippen LogP contribution < -0.4 is 10.1 Å². The monoisotopic (exact) mass is 235 g/mol. The van der Waals surface area contributed by atoms with E-state index in [-0.39, 0.29) is 18.3 Å². The van der Waals surface area contributed by atoms with E-state index in [0.717, 1.165) is 12.0 Å². The Morgan fingerprint density at radius 3 is 2.41 bits per heavy atom. The van der Waals surface area contributed by atoms with Crippen molar-refractivity contribution in [1.82, 2.24) is 5.32 Å². The van der Waals surface area contributed by atoms with Gasteiger partial charge in [0.1, 0.15) is 11.5 Å². The lowest BCUT2D eigenvalue weighted by atomic mass is 10.1. The number of carbonyl (C=O) groups is 2. The highest BCUT2D eigenvalue weighted by Gasteiger charge is 2.01. The van der Waals surface area contributed by atoms with Gasteiger partial charge in [0.2, 0.25) is 0 Å². The predicted octanol–water partition coefficient (Wildman–Crippen LogP) is 1.33. The summed E-state index contributed by atoms with van der Waals surface area (Å²) in [5.74, 6) is 0.677. The molecule has 0 aliphatic rings. The summed E-state index contributed by atoms with van der Waals surface area (Å²) in [6, 6.07) is 7.42. The Morgan fingerprint density at radius 1 is 1.24 bits per heavy atom. The third-order valence-electron chi connectivity index (χ3n) is 2.34. The Balaban J connectivity index is 2.44. The fourth-order valence-electron chi connectivity index (χ4n) is 1.29. The maximum Gasteiger partial charge on any atom is 0.257 e. The SMILES string of the molecule is CNC(=O)COc1ccc(CCC(C)=O)cc1. The van der Waals surface area contributed by atoms with Gasteiger partial charge in [-0.05, 0) is 31.0 Å². The molecule has 0 atom stereocenters. The molecule has 1 amide bonds. The second-order valence-electron chi connectivity index (χ2n) is 3.81. The van der Waals surface area contributed by atoms with Gasteiger partial charge in [0, 0.05) is 13.5 Å². The van der Waals surface area contributed by atoms with E-state index in [1.54, 1.807) is 26.1 Å². The van der Waals surface area contributed by atoms with Gasteiger partial charge in [-0.25, -0.2) is 0 Å². The number of ether oxygens (including phenoxy) is 1. The van der Waals surface area contributed by atoms with E-state index in [2.05, 4.69) is 5.32 Å². The molecule has 0 unspecified atom stereocenters. The van der Waals surface area contributed by atoms with Gasteiger partial charge in [-0.2, -0.15) is 0 Å². The molecule has 0 heterocycles. The molecule has 4 heteroatoms. The molecule has 1 aromatic rings. The molecule has 0 radical (unpaired) electrons. The standard InChI is InChI=1S/C13H17NO3/c1-10(15)3-4-11-5-7-12(8-6-11)17-9-13(16)14-2/h5-8H,3-4,9H2,1-2H3,(H,14,16). The molecule has 1 N–H and O–H groups in total. The fourth-order valence-corrected chi connectivity index (χ4v) is 1.29. The molecule has 0 bridgehead atoms. The number of carbonyl (C=O) groups excluding carboxylic acids is 2. The lowest BCUT2D eigenvalue weighted by Crippen LogP contribution is -2.24. The Morgan fingerprint density at radius 2 is 1.88 bits per heavy atom. The smallest absolute Gasteiger partial charge is 0.257 e. The first-order valence-electron chi connectivity index (χ1n) is 5.53. The lowest BCUT2D eigenvalue weighted by molar-refractivity contribution is -0.122. The third-order valence-corrected chi connectivity index (χ3v) is 2.34. The van der Waals surface area contributed by atoms with Crippen LogP contribution >= 0.6 is 0 Å². The van der Waals surface area contributed by atoms with Crippen LogP contribution in [0.5, 0.6) is 5.75 Å². The zero-order valence-electron chi connectivity index (χ0n) is 10.2. The van der Waals surface area contributed by atoms with Crippen LogP contribution in [0.4, 0.5) is 0 Å². The minimum Gasteiger partial charge on any atom is -0.484 e. The topological polar surface area (TPSA) is 55.4 Å². The van der Waals surface area contributed by atoms with Crippen molar-refractivity contribution in [3.05, 3.63) is 29.8 Å². The van der Waals surface area contributed by atoms with Crippen LogP contribution in [-0.4, -0.2) is 25.3 Å². The van der Waals surface area contributed by atoms with E-state index in [9.17, 15) is 9.59 Å². The van der Waals surface area contributed by atoms with Crippen molar-refractivity contribution in [1.29, 1.82) is 0 Å². The summed E-state index contributed by atoms with van der Waals surface area (Å²) >= 11 is 0. The van der Waals surface area contributed by atoms with Crippen molar-refractivity contribution >= 4 is 11.7 Å². The molecule has 0 aliphatic heterocycles. The van der Waals surface area contributed by atoms with Crippen molar-refractivity contribution in [2.75, 3.05) is 13.7 Å². The number of Topliss-reactive ketones (excluding diaryl/α,β-unsaturated/α-hetero) is 1. The second-order valence-corrected chi connectivity index (χ2v) is 3.81. The minimum atomic E-state index is -0.161. The number of rotatable bonds is 6. The first-order valence-corrected chi connectivity index (χ1v) is 5.53. The highest BCUT2D eigenvalue weighted by atomic mass is 16.5. The molecule has 0 saturated carbocycles. The lowest BCUT2D eigenvalue weighted by Gasteiger charge is -2.06. The van der Waals surface area contributed by atoms with Gasteiger partial charge in [-0.1, -0.05) is 12.1 Å². The molecule has 17 heavy (non-hydrogen) atoms. The summed E-state index contributed by atoms with van der Waals surface area (Å²) in [6.07, 6.45) is 1.30. The van der Waals surface area contributed by atoms with Crippen LogP contribution in [0.1, 0.15) is 18.9 Å². The van der Waals surface area contributed by atoms with E-state index < -0.39 is 0 Å². The highest BCUT2D eigenvalue weighted by molar-refractivity contribution is 5.77. The number of hydrogen-bond acceptors (Lipinski definition) is 3. The summed E-state index contributed by atoms with van der Waals surface area (Å²) < 4.78 is 5.26. The Kier molecular flexibility index (Phi) is 5.20. The molecular formula is C13H17NO3. The number of benzene rings is 1. The van der Waals surface area contributed by atoms with Gasteiger partial charge in [0.15, 0.2) is 6.61 Å². The molecule has 0 spiro atoms. The molecule has 0 aromatic heterocycles. The number of hydrogen-bond donors (Lipinski definition) is 1. The number of ketones is 1. The molecular weight excluding hydrogens is 218 g/mol. The number of amides is 1. The summed E-state index contributed by atoms with van der Waals surface area (Å²) in [4.78, 5) is 21.8. The van der Waals surface area contributed by atoms with Gasteiger partial charge in [0.05, 0.1) is 0 Å². The fraction of sp³-hybridized carbons (Fsp3) is 0.385. The molecule has 0 saturated heterocycles. The average molecular weight is 235 g/mol. The molecule has 4 nitrogen and oxygen atoms in total. The minimum absolute atomic E-state index is 0.0172. The maximum absolute atomic E-state index is 11.0. The third kappa shape index (κ3) is 5.15. The van der Waals surface area contributed by atoms with Crippen molar-refractivity contribution in [2.24, 2.45) is 0 Å². The maximum atomic E-state index is 11.0. The van der Waals surface area contributed by atoms with Crippen LogP contribution in [0, 0.1) is 0 Å². The summed E-state index contributed by atoms with van der Waals surface area (Å²) in [6.45, 7) is 1.60. The van der Waals surface area contributed by atoms with E-state index in [1.807, 2.05) is 12.1 Å². The quantitative estimate of drug-likeness (QED) is 0.809. The molecule has 0 fully saturated rings. The Labute approximate surface area is 101 Å². The second kappa shape index (κ2) is 6.68. The van der Waals surface area contributed by atoms with Gasteiger partial charge >= 0.3 is 0 Å². The van der Waals surface area contributed by atoms with Crippen LogP contribution in [0.2, 0.25) is 0 Å². The van der Waals surface area contributed by atoms with E-state index in [4.69, 9.17) is 4.74 Å². The van der Waals surface area contributed by atoms with Crippen molar-refractivity contribution in [2.45, 2.75) is 19.8 Å². The number of aryl methyl sites for hydroxylation is 1. The van der Waals surface area contributed by atoms with Crippen LogP contribution in [0.15, 0.2) is 24.3 Å². The first-order chi connectivity index (χ1) is 8.11. The first kappa shape index (κ1) is 13.2. The van der Waals surface area contributed by atoms with Gasteiger partial charge < -0.3 is 14.8 Å². The summed E-state index contributed by atoms with van der Waals surface area (Å²) in [5, 5.41) is 2.48. The highest BCUT2D eigenvalue weighted by Crippen LogP contribution is 2.13. The largest absolute Gasteiger partial charge is 0.484 e. The van der Waals surface area contributed by atoms with Gasteiger partial charge in [0.25, 0.3) is 5.91 Å². The predicted molar refractivity (Wildman–Crippen MR) is 65.0 cm³/mol. The Hall–Kier alpha value is -1.84. The van der Waals surface area contributed by atoms with Gasteiger partial charge in [-0.3, -0.25) is 4.79 Å². The van der Waals surface area contributed by atoms with E-state index in [1.165, 1.54) is 0 Å². The summed E-state index contributed by atoms with van der Waals surface area (Å²) in [5.41, 5.74) is 1.09. The number of nitrogens with one attached hydrogen (secondary N) is 1. The van der Waals surface area contributed by atoms with Crippen molar-refractivity contribution in [3.8, 4) is 5.75 Å². The van der Waals surface area contributed by atoms with Crippen LogP contribution in [0.3, 0.4) is 0 Å². The Bertz CT molecular complexity index is 384. The average Bonchev–Trinajstić information content (AvgIpc) is 2.34. The normalized spacial score (nSPS) is 9.76. The zero-order valence-corrected chi connectivity index (χ0v) is 10.2. The molecule has 92 valence electrons. The van der Waals surface area contributed by atoms with Crippen LogP contribution in [-0.2, 0) is 16.0 Å². The van der Waals surface area contributed by atoms with Crippen LogP contribution in [0.25, 0.3) is 0 Å². The van der Waals surface area contributed by atoms with Crippen molar-refractivity contribution in [3.63, 3.8) is 0 Å². The van der Waals surface area contributed by atoms with Crippen molar-refractivity contribution < 1.29 is 14.3 Å².